The van der Waals surface area contributed by atoms with Crippen LogP contribution >= 0.6 is 0 Å². The van der Waals surface area contributed by atoms with E-state index >= 15 is 0 Å². The van der Waals surface area contributed by atoms with E-state index < -0.39 is 6.09 Å². The Morgan fingerprint density at radius 1 is 1.40 bits per heavy atom. The van der Waals surface area contributed by atoms with Gasteiger partial charge in [-0.1, -0.05) is 37.6 Å². The highest BCUT2D eigenvalue weighted by Crippen LogP contribution is 2.18. The molecule has 0 bridgehead atoms. The van der Waals surface area contributed by atoms with Crippen LogP contribution in [0, 0.1) is 6.92 Å². The Bertz CT molecular complexity index is 359. The zero-order valence-corrected chi connectivity index (χ0v) is 9.37. The Morgan fingerprint density at radius 2 is 2.07 bits per heavy atom. The first-order valence-electron chi connectivity index (χ1n) is 5.06. The van der Waals surface area contributed by atoms with Crippen molar-refractivity contribution >= 4 is 6.09 Å². The minimum atomic E-state index is -0.984. The standard InChI is InChI=1S/C12H17NO2/c1-8(2)11-5-9(3)4-10(6-11)7-13-12(14)15/h4-6,8,13H,7H2,1-3H3,(H,14,15). The molecule has 15 heavy (non-hydrogen) atoms. The van der Waals surface area contributed by atoms with E-state index in [2.05, 4.69) is 25.2 Å². The summed E-state index contributed by atoms with van der Waals surface area (Å²) in [5.41, 5.74) is 3.43. The molecule has 1 aromatic carbocycles. The Hall–Kier alpha value is -1.51. The van der Waals surface area contributed by atoms with Gasteiger partial charge >= 0.3 is 6.09 Å². The van der Waals surface area contributed by atoms with Crippen LogP contribution in [-0.2, 0) is 6.54 Å². The number of rotatable bonds is 3. The highest BCUT2D eigenvalue weighted by atomic mass is 16.4. The number of benzene rings is 1. The third-order valence-electron chi connectivity index (χ3n) is 2.27. The summed E-state index contributed by atoms with van der Waals surface area (Å²) < 4.78 is 0. The van der Waals surface area contributed by atoms with Crippen molar-refractivity contribution in [1.29, 1.82) is 0 Å². The van der Waals surface area contributed by atoms with Crippen molar-refractivity contribution in [3.05, 3.63) is 34.9 Å². The molecule has 0 aromatic heterocycles. The number of carbonyl (C=O) groups is 1. The maximum Gasteiger partial charge on any atom is 0.404 e. The first-order valence-corrected chi connectivity index (χ1v) is 5.06. The fourth-order valence-corrected chi connectivity index (χ4v) is 1.51. The van der Waals surface area contributed by atoms with Gasteiger partial charge in [0.1, 0.15) is 0 Å². The Kier molecular flexibility index (Phi) is 3.72. The van der Waals surface area contributed by atoms with Gasteiger partial charge in [-0.3, -0.25) is 0 Å². The monoisotopic (exact) mass is 207 g/mol. The molecule has 1 aromatic rings. The van der Waals surface area contributed by atoms with E-state index in [4.69, 9.17) is 5.11 Å². The molecule has 82 valence electrons. The van der Waals surface area contributed by atoms with Crippen LogP contribution in [0.15, 0.2) is 18.2 Å². The second-order valence-corrected chi connectivity index (χ2v) is 4.07. The minimum Gasteiger partial charge on any atom is -0.465 e. The highest BCUT2D eigenvalue weighted by Gasteiger charge is 2.03. The van der Waals surface area contributed by atoms with Gasteiger partial charge in [0.15, 0.2) is 0 Å². The van der Waals surface area contributed by atoms with Crippen molar-refractivity contribution in [3.8, 4) is 0 Å². The molecule has 1 rings (SSSR count). The van der Waals surface area contributed by atoms with Crippen LogP contribution in [0.3, 0.4) is 0 Å². The molecule has 0 heterocycles. The lowest BCUT2D eigenvalue weighted by atomic mass is 9.98. The zero-order chi connectivity index (χ0) is 11.4. The lowest BCUT2D eigenvalue weighted by molar-refractivity contribution is 0.194. The molecule has 0 atom stereocenters. The van der Waals surface area contributed by atoms with Gasteiger partial charge in [0, 0.05) is 6.54 Å². The topological polar surface area (TPSA) is 49.3 Å². The molecule has 0 unspecified atom stereocenters. The number of aryl methyl sites for hydroxylation is 1. The Balaban J connectivity index is 2.84. The zero-order valence-electron chi connectivity index (χ0n) is 9.37. The average Bonchev–Trinajstić information content (AvgIpc) is 2.13. The quantitative estimate of drug-likeness (QED) is 0.800. The van der Waals surface area contributed by atoms with E-state index in [0.717, 1.165) is 5.56 Å². The second kappa shape index (κ2) is 4.82. The highest BCUT2D eigenvalue weighted by molar-refractivity contribution is 5.64. The van der Waals surface area contributed by atoms with E-state index in [1.54, 1.807) is 0 Å². The molecule has 0 aliphatic rings. The number of hydrogen-bond acceptors (Lipinski definition) is 1. The van der Waals surface area contributed by atoms with Gasteiger partial charge in [-0.15, -0.1) is 0 Å². The fourth-order valence-electron chi connectivity index (χ4n) is 1.51. The summed E-state index contributed by atoms with van der Waals surface area (Å²) in [6, 6.07) is 6.18. The van der Waals surface area contributed by atoms with Crippen molar-refractivity contribution in [2.45, 2.75) is 33.2 Å². The molecule has 3 nitrogen and oxygen atoms in total. The average molecular weight is 207 g/mol. The molecule has 0 aliphatic carbocycles. The van der Waals surface area contributed by atoms with Gasteiger partial charge in [0.05, 0.1) is 0 Å². The third-order valence-corrected chi connectivity index (χ3v) is 2.27. The maximum atomic E-state index is 10.4. The van der Waals surface area contributed by atoms with E-state index in [1.165, 1.54) is 11.1 Å². The first-order chi connectivity index (χ1) is 6.99. The van der Waals surface area contributed by atoms with Gasteiger partial charge in [-0.2, -0.15) is 0 Å². The van der Waals surface area contributed by atoms with Gasteiger partial charge in [-0.25, -0.2) is 4.79 Å². The second-order valence-electron chi connectivity index (χ2n) is 4.07. The van der Waals surface area contributed by atoms with E-state index in [9.17, 15) is 4.79 Å². The summed E-state index contributed by atoms with van der Waals surface area (Å²) in [6.45, 7) is 6.65. The molecular formula is C12H17NO2. The number of amides is 1. The Morgan fingerprint density at radius 3 is 2.60 bits per heavy atom. The molecule has 1 amide bonds. The van der Waals surface area contributed by atoms with E-state index in [1.807, 2.05) is 19.1 Å². The number of carboxylic acid groups (broad SMARTS) is 1. The predicted molar refractivity (Wildman–Crippen MR) is 60.1 cm³/mol. The summed E-state index contributed by atoms with van der Waals surface area (Å²) in [5, 5.41) is 10.9. The smallest absolute Gasteiger partial charge is 0.404 e. The fraction of sp³-hybridized carbons (Fsp3) is 0.417. The van der Waals surface area contributed by atoms with Crippen LogP contribution in [0.4, 0.5) is 4.79 Å². The summed E-state index contributed by atoms with van der Waals surface area (Å²) in [5.74, 6) is 0.466. The molecular weight excluding hydrogens is 190 g/mol. The summed E-state index contributed by atoms with van der Waals surface area (Å²) in [6.07, 6.45) is -0.984. The van der Waals surface area contributed by atoms with Crippen LogP contribution in [0.1, 0.15) is 36.5 Å². The molecule has 2 N–H and O–H groups in total. The van der Waals surface area contributed by atoms with Crippen molar-refractivity contribution in [3.63, 3.8) is 0 Å². The normalized spacial score (nSPS) is 10.4. The largest absolute Gasteiger partial charge is 0.465 e. The molecule has 0 aliphatic heterocycles. The first kappa shape index (κ1) is 11.6. The molecule has 3 heteroatoms. The number of nitrogens with one attached hydrogen (secondary N) is 1. The van der Waals surface area contributed by atoms with Crippen molar-refractivity contribution in [1.82, 2.24) is 5.32 Å². The molecule has 0 spiro atoms. The van der Waals surface area contributed by atoms with E-state index in [0.29, 0.717) is 12.5 Å². The number of hydrogen-bond donors (Lipinski definition) is 2. The van der Waals surface area contributed by atoms with Crippen LogP contribution in [-0.4, -0.2) is 11.2 Å². The van der Waals surface area contributed by atoms with Crippen molar-refractivity contribution < 1.29 is 9.90 Å². The summed E-state index contributed by atoms with van der Waals surface area (Å²) in [4.78, 5) is 10.4. The van der Waals surface area contributed by atoms with Gasteiger partial charge in [0.25, 0.3) is 0 Å². The lowest BCUT2D eigenvalue weighted by Crippen LogP contribution is -2.20. The van der Waals surface area contributed by atoms with Crippen LogP contribution in [0.2, 0.25) is 0 Å². The van der Waals surface area contributed by atoms with Gasteiger partial charge in [-0.05, 0) is 24.0 Å². The molecule has 0 radical (unpaired) electrons. The molecule has 0 saturated heterocycles. The predicted octanol–water partition coefficient (Wildman–Crippen LogP) is 2.89. The van der Waals surface area contributed by atoms with Crippen LogP contribution in [0.25, 0.3) is 0 Å². The Labute approximate surface area is 90.1 Å². The minimum absolute atomic E-state index is 0.372. The summed E-state index contributed by atoms with van der Waals surface area (Å²) in [7, 11) is 0. The van der Waals surface area contributed by atoms with Crippen LogP contribution in [0.5, 0.6) is 0 Å². The molecule has 0 saturated carbocycles. The lowest BCUT2D eigenvalue weighted by Gasteiger charge is -2.10. The third kappa shape index (κ3) is 3.62. The van der Waals surface area contributed by atoms with Crippen molar-refractivity contribution in [2.24, 2.45) is 0 Å². The van der Waals surface area contributed by atoms with Crippen LogP contribution < -0.4 is 5.32 Å². The van der Waals surface area contributed by atoms with E-state index in [-0.39, 0.29) is 0 Å². The van der Waals surface area contributed by atoms with Crippen molar-refractivity contribution in [2.75, 3.05) is 0 Å². The maximum absolute atomic E-state index is 10.4. The van der Waals surface area contributed by atoms with Gasteiger partial charge < -0.3 is 10.4 Å². The summed E-state index contributed by atoms with van der Waals surface area (Å²) >= 11 is 0. The molecule has 0 fully saturated rings. The SMILES string of the molecule is Cc1cc(CNC(=O)O)cc(C(C)C)c1. The van der Waals surface area contributed by atoms with Gasteiger partial charge in [0.2, 0.25) is 0 Å².